The molecule has 0 spiro atoms. The van der Waals surface area contributed by atoms with Gasteiger partial charge in [-0.3, -0.25) is 0 Å². The Bertz CT molecular complexity index is 1040. The second-order valence-corrected chi connectivity index (χ2v) is 6.56. The number of esters is 2. The summed E-state index contributed by atoms with van der Waals surface area (Å²) in [5.41, 5.74) is 1.15. The number of carbonyl (C=O) groups excluding carboxylic acids is 2. The van der Waals surface area contributed by atoms with Crippen molar-refractivity contribution in [2.24, 2.45) is 0 Å². The molecule has 6 heteroatoms. The van der Waals surface area contributed by atoms with Crippen LogP contribution in [-0.4, -0.2) is 39.4 Å². The van der Waals surface area contributed by atoms with Gasteiger partial charge < -0.3 is 18.9 Å². The monoisotopic (exact) mass is 396 g/mol. The van der Waals surface area contributed by atoms with Crippen LogP contribution < -0.4 is 9.47 Å². The molecular formula is C23H24O6. The van der Waals surface area contributed by atoms with Crippen LogP contribution in [0.5, 0.6) is 11.5 Å². The van der Waals surface area contributed by atoms with Crippen molar-refractivity contribution in [1.29, 1.82) is 0 Å². The Balaban J connectivity index is 2.23. The van der Waals surface area contributed by atoms with Crippen molar-refractivity contribution in [3.63, 3.8) is 0 Å². The highest BCUT2D eigenvalue weighted by Crippen LogP contribution is 2.43. The van der Waals surface area contributed by atoms with E-state index >= 15 is 0 Å². The lowest BCUT2D eigenvalue weighted by molar-refractivity contribution is -0.143. The van der Waals surface area contributed by atoms with Crippen LogP contribution in [0.3, 0.4) is 0 Å². The van der Waals surface area contributed by atoms with Crippen molar-refractivity contribution in [2.75, 3.05) is 27.4 Å². The predicted molar refractivity (Wildman–Crippen MR) is 110 cm³/mol. The van der Waals surface area contributed by atoms with E-state index in [1.807, 2.05) is 42.5 Å². The third-order valence-corrected chi connectivity index (χ3v) is 4.65. The highest BCUT2D eigenvalue weighted by molar-refractivity contribution is 6.11. The number of methoxy groups -OCH3 is 2. The van der Waals surface area contributed by atoms with E-state index in [2.05, 4.69) is 6.92 Å². The molecule has 0 atom stereocenters. The van der Waals surface area contributed by atoms with Gasteiger partial charge in [-0.05, 0) is 18.1 Å². The molecule has 0 amide bonds. The van der Waals surface area contributed by atoms with E-state index in [1.165, 1.54) is 14.2 Å². The number of ether oxygens (including phenoxy) is 4. The molecule has 0 aliphatic carbocycles. The Labute approximate surface area is 169 Å². The number of hydrogen-bond acceptors (Lipinski definition) is 6. The zero-order valence-electron chi connectivity index (χ0n) is 16.8. The molecule has 0 aliphatic rings. The first-order valence-electron chi connectivity index (χ1n) is 9.45. The van der Waals surface area contributed by atoms with Crippen molar-refractivity contribution in [3.8, 4) is 11.5 Å². The van der Waals surface area contributed by atoms with Gasteiger partial charge in [0.1, 0.15) is 11.5 Å². The highest BCUT2D eigenvalue weighted by atomic mass is 16.6. The van der Waals surface area contributed by atoms with Gasteiger partial charge in [0.2, 0.25) is 0 Å². The topological polar surface area (TPSA) is 71.1 Å². The molecule has 0 fully saturated rings. The summed E-state index contributed by atoms with van der Waals surface area (Å²) in [6.07, 6.45) is 1.92. The Morgan fingerprint density at radius 3 is 1.79 bits per heavy atom. The highest BCUT2D eigenvalue weighted by Gasteiger charge is 2.18. The SMILES string of the molecule is CCCc1ccc2c(OCC(=O)OC)c3ccccc3c(OCC(=O)OC)c2c1. The minimum atomic E-state index is -0.462. The summed E-state index contributed by atoms with van der Waals surface area (Å²) in [6, 6.07) is 13.6. The lowest BCUT2D eigenvalue weighted by Gasteiger charge is -2.18. The average Bonchev–Trinajstić information content (AvgIpc) is 2.75. The summed E-state index contributed by atoms with van der Waals surface area (Å²) in [7, 11) is 2.65. The Hall–Kier alpha value is -3.28. The van der Waals surface area contributed by atoms with Crippen molar-refractivity contribution in [3.05, 3.63) is 48.0 Å². The third kappa shape index (κ3) is 4.42. The Morgan fingerprint density at radius 1 is 0.759 bits per heavy atom. The fourth-order valence-electron chi connectivity index (χ4n) is 3.28. The van der Waals surface area contributed by atoms with Gasteiger partial charge in [0, 0.05) is 21.5 Å². The fraction of sp³-hybridized carbons (Fsp3) is 0.304. The maximum atomic E-state index is 11.7. The zero-order valence-corrected chi connectivity index (χ0v) is 16.8. The molecular weight excluding hydrogens is 372 g/mol. The van der Waals surface area contributed by atoms with E-state index in [4.69, 9.17) is 18.9 Å². The molecule has 0 N–H and O–H groups in total. The van der Waals surface area contributed by atoms with Gasteiger partial charge in [-0.25, -0.2) is 9.59 Å². The van der Waals surface area contributed by atoms with Crippen molar-refractivity contribution in [2.45, 2.75) is 19.8 Å². The molecule has 3 aromatic rings. The summed E-state index contributed by atoms with van der Waals surface area (Å²) in [5.74, 6) is 0.243. The minimum absolute atomic E-state index is 0.198. The molecule has 29 heavy (non-hydrogen) atoms. The smallest absolute Gasteiger partial charge is 0.343 e. The molecule has 0 aromatic heterocycles. The maximum Gasteiger partial charge on any atom is 0.343 e. The first-order chi connectivity index (χ1) is 14.1. The molecule has 0 unspecified atom stereocenters. The van der Waals surface area contributed by atoms with Gasteiger partial charge in [0.15, 0.2) is 13.2 Å². The fourth-order valence-corrected chi connectivity index (χ4v) is 3.28. The summed E-state index contributed by atoms with van der Waals surface area (Å²) < 4.78 is 21.2. The van der Waals surface area contributed by atoms with Crippen LogP contribution in [0.1, 0.15) is 18.9 Å². The van der Waals surface area contributed by atoms with Crippen molar-refractivity contribution < 1.29 is 28.5 Å². The first kappa shape index (κ1) is 20.5. The van der Waals surface area contributed by atoms with Crippen LogP contribution in [-0.2, 0) is 25.5 Å². The van der Waals surface area contributed by atoms with E-state index in [0.717, 1.165) is 39.9 Å². The number of fused-ring (bicyclic) bond motifs is 2. The van der Waals surface area contributed by atoms with Gasteiger partial charge in [-0.1, -0.05) is 49.7 Å². The van der Waals surface area contributed by atoms with E-state index in [1.54, 1.807) is 0 Å². The van der Waals surface area contributed by atoms with Crippen molar-refractivity contribution in [1.82, 2.24) is 0 Å². The van der Waals surface area contributed by atoms with Gasteiger partial charge in [-0.15, -0.1) is 0 Å². The number of carbonyl (C=O) groups is 2. The molecule has 0 bridgehead atoms. The maximum absolute atomic E-state index is 11.7. The van der Waals surface area contributed by atoms with Crippen LogP contribution in [0.4, 0.5) is 0 Å². The molecule has 3 rings (SSSR count). The molecule has 0 radical (unpaired) electrons. The molecule has 0 aliphatic heterocycles. The minimum Gasteiger partial charge on any atom is -0.481 e. The van der Waals surface area contributed by atoms with Crippen LogP contribution in [0, 0.1) is 0 Å². The van der Waals surface area contributed by atoms with Crippen LogP contribution in [0.15, 0.2) is 42.5 Å². The van der Waals surface area contributed by atoms with E-state index < -0.39 is 11.9 Å². The summed E-state index contributed by atoms with van der Waals surface area (Å²) in [4.78, 5) is 23.3. The molecule has 152 valence electrons. The van der Waals surface area contributed by atoms with Gasteiger partial charge in [0.05, 0.1) is 14.2 Å². The summed E-state index contributed by atoms with van der Waals surface area (Å²) >= 11 is 0. The second-order valence-electron chi connectivity index (χ2n) is 6.56. The lowest BCUT2D eigenvalue weighted by Crippen LogP contribution is -2.14. The van der Waals surface area contributed by atoms with Crippen LogP contribution >= 0.6 is 0 Å². The predicted octanol–water partition coefficient (Wildman–Crippen LogP) is 4.05. The molecule has 6 nitrogen and oxygen atoms in total. The summed E-state index contributed by atoms with van der Waals surface area (Å²) in [5, 5.41) is 3.19. The van der Waals surface area contributed by atoms with E-state index in [-0.39, 0.29) is 13.2 Å². The number of benzene rings is 3. The molecule has 3 aromatic carbocycles. The Morgan fingerprint density at radius 2 is 1.28 bits per heavy atom. The molecule has 0 saturated heterocycles. The lowest BCUT2D eigenvalue weighted by atomic mass is 9.97. The largest absolute Gasteiger partial charge is 0.481 e. The number of aryl methyl sites for hydroxylation is 1. The van der Waals surface area contributed by atoms with E-state index in [9.17, 15) is 9.59 Å². The van der Waals surface area contributed by atoms with E-state index in [0.29, 0.717) is 11.5 Å². The normalized spacial score (nSPS) is 10.7. The van der Waals surface area contributed by atoms with Crippen molar-refractivity contribution >= 4 is 33.5 Å². The average molecular weight is 396 g/mol. The van der Waals surface area contributed by atoms with Gasteiger partial charge in [0.25, 0.3) is 0 Å². The molecule has 0 saturated carbocycles. The van der Waals surface area contributed by atoms with Gasteiger partial charge >= 0.3 is 11.9 Å². The third-order valence-electron chi connectivity index (χ3n) is 4.65. The first-order valence-corrected chi connectivity index (χ1v) is 9.45. The second kappa shape index (κ2) is 9.28. The number of rotatable bonds is 8. The zero-order chi connectivity index (χ0) is 20.8. The van der Waals surface area contributed by atoms with Crippen LogP contribution in [0.25, 0.3) is 21.5 Å². The standard InChI is InChI=1S/C23H24O6/c1-4-7-15-10-11-18-19(12-15)23(29-14-21(25)27-3)17-9-6-5-8-16(17)22(18)28-13-20(24)26-2/h5-6,8-12H,4,7,13-14H2,1-3H3. The Kier molecular flexibility index (Phi) is 6.54. The van der Waals surface area contributed by atoms with Gasteiger partial charge in [-0.2, -0.15) is 0 Å². The quantitative estimate of drug-likeness (QED) is 0.423. The van der Waals surface area contributed by atoms with Crippen LogP contribution in [0.2, 0.25) is 0 Å². The summed E-state index contributed by atoms with van der Waals surface area (Å²) in [6.45, 7) is 1.72. The molecule has 0 heterocycles. The number of hydrogen-bond donors (Lipinski definition) is 0.